The van der Waals surface area contributed by atoms with Crippen LogP contribution in [0.2, 0.25) is 0 Å². The van der Waals surface area contributed by atoms with E-state index in [2.05, 4.69) is 22.3 Å². The van der Waals surface area contributed by atoms with Gasteiger partial charge in [-0.3, -0.25) is 9.69 Å². The molecule has 1 saturated carbocycles. The Bertz CT molecular complexity index is 661. The number of carbonyl (C=O) groups excluding carboxylic acids is 1. The van der Waals surface area contributed by atoms with Gasteiger partial charge in [0.15, 0.2) is 11.5 Å². The number of hydrogen-bond acceptors (Lipinski definition) is 5. The molecule has 0 unspecified atom stereocenters. The van der Waals surface area contributed by atoms with Gasteiger partial charge in [-0.2, -0.15) is 0 Å². The molecule has 1 amide bonds. The molecule has 3 aliphatic rings. The molecule has 1 saturated heterocycles. The van der Waals surface area contributed by atoms with E-state index in [1.165, 1.54) is 5.56 Å². The summed E-state index contributed by atoms with van der Waals surface area (Å²) in [6.45, 7) is 6.14. The van der Waals surface area contributed by atoms with E-state index >= 15 is 0 Å². The lowest BCUT2D eigenvalue weighted by molar-refractivity contribution is -0.150. The van der Waals surface area contributed by atoms with Crippen molar-refractivity contribution >= 4 is 5.91 Å². The summed E-state index contributed by atoms with van der Waals surface area (Å²) in [6.07, 6.45) is 4.32. The number of ether oxygens (including phenoxy) is 3. The molecule has 1 spiro atoms. The highest BCUT2D eigenvalue weighted by Gasteiger charge is 2.45. The monoisotopic (exact) mass is 360 g/mol. The summed E-state index contributed by atoms with van der Waals surface area (Å²) in [4.78, 5) is 14.1. The summed E-state index contributed by atoms with van der Waals surface area (Å²) < 4.78 is 17.6. The number of benzene rings is 1. The number of carbonyl (C=O) groups is 1. The van der Waals surface area contributed by atoms with E-state index in [-0.39, 0.29) is 17.6 Å². The molecule has 2 aliphatic heterocycles. The Morgan fingerprint density at radius 1 is 1.23 bits per heavy atom. The first-order valence-corrected chi connectivity index (χ1v) is 9.67. The zero-order valence-corrected chi connectivity index (χ0v) is 15.5. The Morgan fingerprint density at radius 3 is 2.92 bits per heavy atom. The molecule has 1 aromatic carbocycles. The molecule has 6 nitrogen and oxygen atoms in total. The smallest absolute Gasteiger partial charge is 0.217 e. The molecule has 1 N–H and O–H groups in total. The predicted molar refractivity (Wildman–Crippen MR) is 97.5 cm³/mol. The third-order valence-electron chi connectivity index (χ3n) is 5.66. The fourth-order valence-electron chi connectivity index (χ4n) is 4.48. The van der Waals surface area contributed by atoms with Gasteiger partial charge in [0.2, 0.25) is 5.91 Å². The van der Waals surface area contributed by atoms with Crippen molar-refractivity contribution in [1.82, 2.24) is 10.2 Å². The van der Waals surface area contributed by atoms with Crippen molar-refractivity contribution in [2.45, 2.75) is 50.8 Å². The van der Waals surface area contributed by atoms with Gasteiger partial charge < -0.3 is 19.5 Å². The molecule has 2 atom stereocenters. The molecule has 0 radical (unpaired) electrons. The first kappa shape index (κ1) is 17.6. The van der Waals surface area contributed by atoms with E-state index in [0.29, 0.717) is 19.8 Å². The second-order valence-electron chi connectivity index (χ2n) is 7.60. The van der Waals surface area contributed by atoms with Crippen LogP contribution in [0.3, 0.4) is 0 Å². The zero-order valence-electron chi connectivity index (χ0n) is 15.5. The average Bonchev–Trinajstić information content (AvgIpc) is 2.64. The zero-order chi connectivity index (χ0) is 18.0. The van der Waals surface area contributed by atoms with Gasteiger partial charge in [-0.1, -0.05) is 18.9 Å². The fourth-order valence-corrected chi connectivity index (χ4v) is 4.48. The van der Waals surface area contributed by atoms with E-state index in [4.69, 9.17) is 14.2 Å². The maximum atomic E-state index is 11.6. The van der Waals surface area contributed by atoms with Crippen LogP contribution in [-0.4, -0.2) is 55.4 Å². The minimum atomic E-state index is -0.254. The Balaban J connectivity index is 1.47. The van der Waals surface area contributed by atoms with E-state index in [9.17, 15) is 4.79 Å². The minimum absolute atomic E-state index is 0.0313. The van der Waals surface area contributed by atoms with Crippen LogP contribution in [0.4, 0.5) is 0 Å². The molecule has 0 aromatic heterocycles. The van der Waals surface area contributed by atoms with Gasteiger partial charge in [-0.25, -0.2) is 0 Å². The molecule has 0 bridgehead atoms. The van der Waals surface area contributed by atoms with Gasteiger partial charge in [-0.05, 0) is 30.5 Å². The lowest BCUT2D eigenvalue weighted by atomic mass is 9.78. The lowest BCUT2D eigenvalue weighted by Crippen LogP contribution is -2.63. The van der Waals surface area contributed by atoms with Crippen LogP contribution in [0.15, 0.2) is 18.2 Å². The van der Waals surface area contributed by atoms with E-state index < -0.39 is 0 Å². The number of morpholine rings is 1. The van der Waals surface area contributed by atoms with Crippen molar-refractivity contribution in [3.8, 4) is 11.5 Å². The average molecular weight is 360 g/mol. The molecule has 4 rings (SSSR count). The number of amides is 1. The van der Waals surface area contributed by atoms with Gasteiger partial charge in [0.05, 0.1) is 12.6 Å². The summed E-state index contributed by atoms with van der Waals surface area (Å²) in [6, 6.07) is 6.31. The Labute approximate surface area is 154 Å². The number of fused-ring (bicyclic) bond motifs is 1. The first-order valence-electron chi connectivity index (χ1n) is 9.67. The number of nitrogens with one attached hydrogen (secondary N) is 1. The van der Waals surface area contributed by atoms with Crippen molar-refractivity contribution in [2.75, 3.05) is 32.9 Å². The molecule has 26 heavy (non-hydrogen) atoms. The SMILES string of the molecule is CC(=O)N[C@H]1CCCC[C@@]12CN(Cc1ccc3c(c1)OCCO3)CCO2. The lowest BCUT2D eigenvalue weighted by Gasteiger charge is -2.49. The maximum Gasteiger partial charge on any atom is 0.217 e. The topological polar surface area (TPSA) is 60.0 Å². The van der Waals surface area contributed by atoms with Gasteiger partial charge in [0.25, 0.3) is 0 Å². The van der Waals surface area contributed by atoms with Crippen LogP contribution in [0.1, 0.15) is 38.2 Å². The van der Waals surface area contributed by atoms with Crippen LogP contribution in [0.5, 0.6) is 11.5 Å². The second-order valence-corrected chi connectivity index (χ2v) is 7.60. The quantitative estimate of drug-likeness (QED) is 0.895. The Hall–Kier alpha value is -1.79. The van der Waals surface area contributed by atoms with Crippen molar-refractivity contribution < 1.29 is 19.0 Å². The summed E-state index contributed by atoms with van der Waals surface area (Å²) in [5.74, 6) is 1.70. The number of nitrogens with zero attached hydrogens (tertiary/aromatic N) is 1. The molecule has 2 fully saturated rings. The third kappa shape index (κ3) is 3.67. The van der Waals surface area contributed by atoms with Crippen molar-refractivity contribution in [3.63, 3.8) is 0 Å². The molecular weight excluding hydrogens is 332 g/mol. The molecule has 2 heterocycles. The van der Waals surface area contributed by atoms with Crippen LogP contribution in [-0.2, 0) is 16.1 Å². The van der Waals surface area contributed by atoms with Crippen molar-refractivity contribution in [1.29, 1.82) is 0 Å². The van der Waals surface area contributed by atoms with Crippen LogP contribution >= 0.6 is 0 Å². The Kier molecular flexibility index (Phi) is 5.05. The van der Waals surface area contributed by atoms with Gasteiger partial charge in [0, 0.05) is 26.6 Å². The van der Waals surface area contributed by atoms with Crippen LogP contribution in [0.25, 0.3) is 0 Å². The van der Waals surface area contributed by atoms with Crippen molar-refractivity contribution in [3.05, 3.63) is 23.8 Å². The fraction of sp³-hybridized carbons (Fsp3) is 0.650. The summed E-state index contributed by atoms with van der Waals surface area (Å²) in [7, 11) is 0. The number of rotatable bonds is 3. The van der Waals surface area contributed by atoms with Crippen LogP contribution < -0.4 is 14.8 Å². The normalized spacial score (nSPS) is 28.7. The van der Waals surface area contributed by atoms with Gasteiger partial charge in [0.1, 0.15) is 18.8 Å². The summed E-state index contributed by atoms with van der Waals surface area (Å²) in [5.41, 5.74) is 0.967. The number of hydrogen-bond donors (Lipinski definition) is 1. The highest BCUT2D eigenvalue weighted by atomic mass is 16.6. The predicted octanol–water partition coefficient (Wildman–Crippen LogP) is 2.11. The second kappa shape index (κ2) is 7.45. The summed E-state index contributed by atoms with van der Waals surface area (Å²) in [5, 5.41) is 3.14. The maximum absolute atomic E-state index is 11.6. The van der Waals surface area contributed by atoms with E-state index in [1.807, 2.05) is 6.07 Å². The van der Waals surface area contributed by atoms with Crippen molar-refractivity contribution in [2.24, 2.45) is 0 Å². The van der Waals surface area contributed by atoms with Gasteiger partial charge in [-0.15, -0.1) is 0 Å². The molecule has 1 aliphatic carbocycles. The van der Waals surface area contributed by atoms with E-state index in [1.54, 1.807) is 6.92 Å². The Morgan fingerprint density at radius 2 is 2.08 bits per heavy atom. The molecular formula is C20H28N2O4. The first-order chi connectivity index (χ1) is 12.6. The van der Waals surface area contributed by atoms with Gasteiger partial charge >= 0.3 is 0 Å². The van der Waals surface area contributed by atoms with E-state index in [0.717, 1.165) is 56.8 Å². The van der Waals surface area contributed by atoms with Crippen LogP contribution in [0, 0.1) is 0 Å². The molecule has 142 valence electrons. The summed E-state index contributed by atoms with van der Waals surface area (Å²) >= 11 is 0. The highest BCUT2D eigenvalue weighted by molar-refractivity contribution is 5.73. The largest absolute Gasteiger partial charge is 0.486 e. The standard InChI is InChI=1S/C20H28N2O4/c1-15(23)21-19-4-2-3-7-20(19)14-22(8-9-26-20)13-16-5-6-17-18(12-16)25-11-10-24-17/h5-6,12,19H,2-4,7-11,13-14H2,1H3,(H,21,23)/t19-,20+/m0/s1. The minimum Gasteiger partial charge on any atom is -0.486 e. The molecule has 1 aromatic rings. The highest BCUT2D eigenvalue weighted by Crippen LogP contribution is 2.36. The molecule has 6 heteroatoms. The third-order valence-corrected chi connectivity index (χ3v) is 5.66.